The number of ether oxygens (including phenoxy) is 1. The predicted molar refractivity (Wildman–Crippen MR) is 62.5 cm³/mol. The number of aliphatic hydroxyl groups is 1. The maximum absolute atomic E-state index is 9.48. The van der Waals surface area contributed by atoms with Gasteiger partial charge in [0.15, 0.2) is 11.5 Å². The molecule has 1 aromatic carbocycles. The smallest absolute Gasteiger partial charge is 0.189 e. The molecule has 1 atom stereocenters. The van der Waals surface area contributed by atoms with Crippen molar-refractivity contribution in [3.63, 3.8) is 0 Å². The molecule has 1 N–H and O–H groups in total. The summed E-state index contributed by atoms with van der Waals surface area (Å²) in [5.41, 5.74) is 0. The Bertz CT molecular complexity index is 317. The average Bonchev–Trinajstić information content (AvgIpc) is 2.29. The van der Waals surface area contributed by atoms with Crippen LogP contribution in [0.15, 0.2) is 24.3 Å². The monoisotopic (exact) mass is 225 g/mol. The lowest BCUT2D eigenvalue weighted by atomic mass is 10.3. The highest BCUT2D eigenvalue weighted by molar-refractivity contribution is 5.39. The van der Waals surface area contributed by atoms with Gasteiger partial charge in [-0.25, -0.2) is 0 Å². The van der Waals surface area contributed by atoms with Gasteiger partial charge in [-0.3, -0.25) is 0 Å². The SMILES string of the molecule is CCC(O)CN(C)Oc1ccccc1OC. The fourth-order valence-electron chi connectivity index (χ4n) is 1.33. The van der Waals surface area contributed by atoms with Crippen LogP contribution in [0.25, 0.3) is 0 Å². The van der Waals surface area contributed by atoms with Gasteiger partial charge in [0, 0.05) is 7.05 Å². The lowest BCUT2D eigenvalue weighted by Gasteiger charge is -2.21. The van der Waals surface area contributed by atoms with Crippen LogP contribution in [0.1, 0.15) is 13.3 Å². The number of likely N-dealkylation sites (N-methyl/N-ethyl adjacent to an activating group) is 1. The van der Waals surface area contributed by atoms with Crippen molar-refractivity contribution in [2.45, 2.75) is 19.4 Å². The van der Waals surface area contributed by atoms with Crippen molar-refractivity contribution >= 4 is 0 Å². The van der Waals surface area contributed by atoms with Gasteiger partial charge >= 0.3 is 0 Å². The molecule has 16 heavy (non-hydrogen) atoms. The van der Waals surface area contributed by atoms with Gasteiger partial charge in [0.05, 0.1) is 19.8 Å². The van der Waals surface area contributed by atoms with Gasteiger partial charge < -0.3 is 14.7 Å². The third-order valence-corrected chi connectivity index (χ3v) is 2.26. The highest BCUT2D eigenvalue weighted by Gasteiger charge is 2.10. The molecule has 90 valence electrons. The molecular formula is C12H19NO3. The van der Waals surface area contributed by atoms with E-state index in [0.717, 1.165) is 0 Å². The molecule has 0 aliphatic carbocycles. The Morgan fingerprint density at radius 1 is 1.31 bits per heavy atom. The summed E-state index contributed by atoms with van der Waals surface area (Å²) in [6.07, 6.45) is 0.333. The maximum atomic E-state index is 9.48. The molecule has 4 nitrogen and oxygen atoms in total. The fraction of sp³-hybridized carbons (Fsp3) is 0.500. The number of methoxy groups -OCH3 is 1. The Kier molecular flexibility index (Phi) is 5.08. The molecule has 0 heterocycles. The van der Waals surface area contributed by atoms with E-state index in [2.05, 4.69) is 0 Å². The van der Waals surface area contributed by atoms with Crippen molar-refractivity contribution in [2.24, 2.45) is 0 Å². The van der Waals surface area contributed by atoms with Crippen LogP contribution in [0, 0.1) is 0 Å². The van der Waals surface area contributed by atoms with E-state index in [0.29, 0.717) is 24.5 Å². The normalized spacial score (nSPS) is 12.6. The van der Waals surface area contributed by atoms with Gasteiger partial charge in [-0.1, -0.05) is 19.1 Å². The number of rotatable bonds is 6. The van der Waals surface area contributed by atoms with E-state index >= 15 is 0 Å². The molecule has 0 aliphatic heterocycles. The second-order valence-corrected chi connectivity index (χ2v) is 3.61. The highest BCUT2D eigenvalue weighted by Crippen LogP contribution is 2.26. The number of benzene rings is 1. The third kappa shape index (κ3) is 3.72. The minimum Gasteiger partial charge on any atom is -0.493 e. The van der Waals surface area contributed by atoms with Crippen LogP contribution in [-0.4, -0.2) is 37.0 Å². The van der Waals surface area contributed by atoms with E-state index in [1.54, 1.807) is 19.2 Å². The van der Waals surface area contributed by atoms with Gasteiger partial charge in [0.2, 0.25) is 0 Å². The van der Waals surface area contributed by atoms with E-state index in [1.165, 1.54) is 0 Å². The molecule has 0 aromatic heterocycles. The third-order valence-electron chi connectivity index (χ3n) is 2.26. The molecule has 0 spiro atoms. The summed E-state index contributed by atoms with van der Waals surface area (Å²) in [5, 5.41) is 11.1. The van der Waals surface area contributed by atoms with Gasteiger partial charge in [0.25, 0.3) is 0 Å². The summed E-state index contributed by atoms with van der Waals surface area (Å²) in [5.74, 6) is 1.33. The minimum atomic E-state index is -0.375. The first-order valence-electron chi connectivity index (χ1n) is 5.37. The van der Waals surface area contributed by atoms with E-state index in [-0.39, 0.29) is 6.10 Å². The van der Waals surface area contributed by atoms with E-state index < -0.39 is 0 Å². The second-order valence-electron chi connectivity index (χ2n) is 3.61. The second kappa shape index (κ2) is 6.35. The summed E-state index contributed by atoms with van der Waals surface area (Å²) in [6, 6.07) is 7.42. The van der Waals surface area contributed by atoms with Crippen molar-refractivity contribution in [3.8, 4) is 11.5 Å². The van der Waals surface area contributed by atoms with Crippen LogP contribution in [-0.2, 0) is 0 Å². The largest absolute Gasteiger partial charge is 0.493 e. The molecule has 1 unspecified atom stereocenters. The van der Waals surface area contributed by atoms with Crippen molar-refractivity contribution in [1.29, 1.82) is 0 Å². The molecule has 0 aliphatic rings. The van der Waals surface area contributed by atoms with E-state index in [1.807, 2.05) is 31.2 Å². The lowest BCUT2D eigenvalue weighted by molar-refractivity contribution is -0.0631. The molecular weight excluding hydrogens is 206 g/mol. The number of hydrogen-bond acceptors (Lipinski definition) is 4. The number of aliphatic hydroxyl groups excluding tert-OH is 1. The van der Waals surface area contributed by atoms with Crippen LogP contribution in [0.5, 0.6) is 11.5 Å². The average molecular weight is 225 g/mol. The van der Waals surface area contributed by atoms with Gasteiger partial charge in [-0.05, 0) is 18.6 Å². The highest BCUT2D eigenvalue weighted by atomic mass is 16.7. The molecule has 0 fully saturated rings. The topological polar surface area (TPSA) is 41.9 Å². The number of hydrogen-bond donors (Lipinski definition) is 1. The summed E-state index contributed by atoms with van der Waals surface area (Å²) in [4.78, 5) is 5.56. The molecule has 1 rings (SSSR count). The Morgan fingerprint density at radius 3 is 2.50 bits per heavy atom. The number of nitrogens with zero attached hydrogens (tertiary/aromatic N) is 1. The molecule has 0 bridgehead atoms. The summed E-state index contributed by atoms with van der Waals surface area (Å²) in [6.45, 7) is 2.40. The zero-order chi connectivity index (χ0) is 12.0. The zero-order valence-corrected chi connectivity index (χ0v) is 10.0. The summed E-state index contributed by atoms with van der Waals surface area (Å²) < 4.78 is 5.16. The summed E-state index contributed by atoms with van der Waals surface area (Å²) >= 11 is 0. The maximum Gasteiger partial charge on any atom is 0.189 e. The minimum absolute atomic E-state index is 0.375. The molecule has 0 amide bonds. The van der Waals surface area contributed by atoms with Crippen LogP contribution in [0.4, 0.5) is 0 Å². The number of hydroxylamine groups is 2. The van der Waals surface area contributed by atoms with Crippen LogP contribution in [0.2, 0.25) is 0 Å². The Morgan fingerprint density at radius 2 is 1.94 bits per heavy atom. The summed E-state index contributed by atoms with van der Waals surface area (Å²) in [7, 11) is 3.38. The quantitative estimate of drug-likeness (QED) is 0.748. The van der Waals surface area contributed by atoms with Crippen LogP contribution in [0.3, 0.4) is 0 Å². The van der Waals surface area contributed by atoms with Crippen molar-refractivity contribution < 1.29 is 14.7 Å². The first kappa shape index (κ1) is 12.8. The lowest BCUT2D eigenvalue weighted by Crippen LogP contribution is -2.31. The Hall–Kier alpha value is -1.26. The molecule has 0 radical (unpaired) electrons. The van der Waals surface area contributed by atoms with E-state index in [9.17, 15) is 5.11 Å². The van der Waals surface area contributed by atoms with Crippen molar-refractivity contribution in [2.75, 3.05) is 20.7 Å². The molecule has 1 aromatic rings. The first-order chi connectivity index (χ1) is 7.67. The van der Waals surface area contributed by atoms with Crippen molar-refractivity contribution in [3.05, 3.63) is 24.3 Å². The zero-order valence-electron chi connectivity index (χ0n) is 10.0. The Labute approximate surface area is 96.4 Å². The molecule has 4 heteroatoms. The van der Waals surface area contributed by atoms with Gasteiger partial charge in [-0.2, -0.15) is 0 Å². The van der Waals surface area contributed by atoms with E-state index in [4.69, 9.17) is 9.57 Å². The Balaban J connectivity index is 2.58. The molecule has 0 saturated heterocycles. The van der Waals surface area contributed by atoms with Crippen LogP contribution < -0.4 is 9.57 Å². The first-order valence-corrected chi connectivity index (χ1v) is 5.37. The van der Waals surface area contributed by atoms with Gasteiger partial charge in [-0.15, -0.1) is 5.06 Å². The van der Waals surface area contributed by atoms with Crippen LogP contribution >= 0.6 is 0 Å². The predicted octanol–water partition coefficient (Wildman–Crippen LogP) is 1.69. The van der Waals surface area contributed by atoms with Crippen molar-refractivity contribution in [1.82, 2.24) is 5.06 Å². The fourth-order valence-corrected chi connectivity index (χ4v) is 1.33. The van der Waals surface area contributed by atoms with Gasteiger partial charge in [0.1, 0.15) is 0 Å². The standard InChI is InChI=1S/C12H19NO3/c1-4-10(14)9-13(2)16-12-8-6-5-7-11(12)15-3/h5-8,10,14H,4,9H2,1-3H3. The number of para-hydroxylation sites is 2. The molecule has 0 saturated carbocycles.